The fraction of sp³-hybridized carbons (Fsp3) is 1.00. The van der Waals surface area contributed by atoms with Gasteiger partial charge in [0.25, 0.3) is 0 Å². The van der Waals surface area contributed by atoms with Crippen molar-refractivity contribution in [3.63, 3.8) is 0 Å². The molecule has 0 radical (unpaired) electrons. The van der Waals surface area contributed by atoms with Gasteiger partial charge in [0.1, 0.15) is 0 Å². The third-order valence-electron chi connectivity index (χ3n) is 2.78. The van der Waals surface area contributed by atoms with Crippen molar-refractivity contribution in [2.24, 2.45) is 5.92 Å². The molecule has 3 nitrogen and oxygen atoms in total. The molecule has 0 aromatic carbocycles. The van der Waals surface area contributed by atoms with Crippen LogP contribution in [0.4, 0.5) is 0 Å². The molecule has 3 heteroatoms. The van der Waals surface area contributed by atoms with Crippen LogP contribution in [0.15, 0.2) is 0 Å². The Bertz CT molecular complexity index is 141. The van der Waals surface area contributed by atoms with E-state index in [0.29, 0.717) is 12.5 Å². The van der Waals surface area contributed by atoms with E-state index in [4.69, 9.17) is 9.47 Å². The lowest BCUT2D eigenvalue weighted by Gasteiger charge is -2.26. The number of hydrogen-bond acceptors (Lipinski definition) is 3. The zero-order chi connectivity index (χ0) is 10.4. The second kappa shape index (κ2) is 6.38. The molecule has 1 unspecified atom stereocenters. The average Bonchev–Trinajstić information content (AvgIpc) is 2.17. The first-order chi connectivity index (χ1) is 6.72. The number of ether oxygens (including phenoxy) is 2. The first-order valence-electron chi connectivity index (χ1n) is 5.63. The number of rotatable bonds is 5. The maximum Gasteiger partial charge on any atom is 0.154 e. The van der Waals surface area contributed by atoms with Gasteiger partial charge in [0.05, 0.1) is 12.7 Å². The molecule has 1 rings (SSSR count). The minimum absolute atomic E-state index is 0.0736. The van der Waals surface area contributed by atoms with Crippen molar-refractivity contribution in [1.29, 1.82) is 0 Å². The van der Waals surface area contributed by atoms with Crippen LogP contribution in [0.3, 0.4) is 0 Å². The molecule has 1 saturated carbocycles. The Balaban J connectivity index is 2.06. The second-order valence-corrected chi connectivity index (χ2v) is 4.03. The van der Waals surface area contributed by atoms with Gasteiger partial charge >= 0.3 is 0 Å². The summed E-state index contributed by atoms with van der Waals surface area (Å²) in [5, 5.41) is 9.32. The van der Waals surface area contributed by atoms with Gasteiger partial charge in [-0.05, 0) is 45.4 Å². The molecular formula is C11H22O3. The Morgan fingerprint density at radius 1 is 1.21 bits per heavy atom. The molecule has 0 amide bonds. The fourth-order valence-electron chi connectivity index (χ4n) is 1.87. The van der Waals surface area contributed by atoms with Crippen LogP contribution in [0, 0.1) is 5.92 Å². The zero-order valence-corrected chi connectivity index (χ0v) is 9.24. The SMILES string of the molecule is CCOC(C)OCC1CCC(O)CC1. The van der Waals surface area contributed by atoms with Crippen LogP contribution in [0.2, 0.25) is 0 Å². The average molecular weight is 202 g/mol. The number of aliphatic hydroxyl groups is 1. The molecule has 0 spiro atoms. The van der Waals surface area contributed by atoms with Gasteiger partial charge < -0.3 is 14.6 Å². The van der Waals surface area contributed by atoms with Crippen molar-refractivity contribution < 1.29 is 14.6 Å². The monoisotopic (exact) mass is 202 g/mol. The van der Waals surface area contributed by atoms with E-state index in [1.807, 2.05) is 13.8 Å². The first kappa shape index (κ1) is 12.0. The maximum atomic E-state index is 9.32. The van der Waals surface area contributed by atoms with Gasteiger partial charge in [-0.2, -0.15) is 0 Å². The summed E-state index contributed by atoms with van der Waals surface area (Å²) in [6, 6.07) is 0. The minimum atomic E-state index is -0.0909. The smallest absolute Gasteiger partial charge is 0.154 e. The summed E-state index contributed by atoms with van der Waals surface area (Å²) in [4.78, 5) is 0. The number of hydrogen-bond donors (Lipinski definition) is 1. The van der Waals surface area contributed by atoms with Gasteiger partial charge in [-0.15, -0.1) is 0 Å². The molecule has 1 aliphatic rings. The lowest BCUT2D eigenvalue weighted by molar-refractivity contribution is -0.138. The van der Waals surface area contributed by atoms with E-state index < -0.39 is 0 Å². The topological polar surface area (TPSA) is 38.7 Å². The molecule has 0 bridgehead atoms. The van der Waals surface area contributed by atoms with E-state index in [2.05, 4.69) is 0 Å². The standard InChI is InChI=1S/C11H22O3/c1-3-13-9(2)14-8-10-4-6-11(12)7-5-10/h9-12H,3-8H2,1-2H3. The summed E-state index contributed by atoms with van der Waals surface area (Å²) in [7, 11) is 0. The molecule has 0 aliphatic heterocycles. The summed E-state index contributed by atoms with van der Waals surface area (Å²) in [6.07, 6.45) is 3.86. The Morgan fingerprint density at radius 2 is 1.86 bits per heavy atom. The number of aliphatic hydroxyl groups excluding tert-OH is 1. The predicted molar refractivity (Wildman–Crippen MR) is 55.0 cm³/mol. The van der Waals surface area contributed by atoms with Crippen molar-refractivity contribution in [3.8, 4) is 0 Å². The summed E-state index contributed by atoms with van der Waals surface area (Å²) < 4.78 is 10.8. The second-order valence-electron chi connectivity index (χ2n) is 4.03. The maximum absolute atomic E-state index is 9.32. The molecule has 1 N–H and O–H groups in total. The van der Waals surface area contributed by atoms with Crippen LogP contribution in [0.1, 0.15) is 39.5 Å². The van der Waals surface area contributed by atoms with Crippen LogP contribution < -0.4 is 0 Å². The van der Waals surface area contributed by atoms with Gasteiger partial charge in [-0.1, -0.05) is 0 Å². The highest BCUT2D eigenvalue weighted by Gasteiger charge is 2.19. The predicted octanol–water partition coefficient (Wildman–Crippen LogP) is 1.94. The lowest BCUT2D eigenvalue weighted by Crippen LogP contribution is -2.24. The summed E-state index contributed by atoms with van der Waals surface area (Å²) in [5.41, 5.74) is 0. The van der Waals surface area contributed by atoms with Crippen LogP contribution >= 0.6 is 0 Å². The van der Waals surface area contributed by atoms with Gasteiger partial charge in [-0.25, -0.2) is 0 Å². The molecule has 1 fully saturated rings. The summed E-state index contributed by atoms with van der Waals surface area (Å²) in [5.74, 6) is 0.612. The summed E-state index contributed by atoms with van der Waals surface area (Å²) >= 11 is 0. The molecule has 84 valence electrons. The third-order valence-corrected chi connectivity index (χ3v) is 2.78. The van der Waals surface area contributed by atoms with Crippen molar-refractivity contribution >= 4 is 0 Å². The minimum Gasteiger partial charge on any atom is -0.393 e. The Kier molecular flexibility index (Phi) is 5.45. The van der Waals surface area contributed by atoms with Crippen molar-refractivity contribution in [1.82, 2.24) is 0 Å². The zero-order valence-electron chi connectivity index (χ0n) is 9.24. The molecule has 14 heavy (non-hydrogen) atoms. The van der Waals surface area contributed by atoms with Gasteiger partial charge in [-0.3, -0.25) is 0 Å². The molecule has 0 heterocycles. The van der Waals surface area contributed by atoms with Crippen LogP contribution in [-0.4, -0.2) is 30.7 Å². The van der Waals surface area contributed by atoms with Crippen molar-refractivity contribution in [2.75, 3.05) is 13.2 Å². The van der Waals surface area contributed by atoms with E-state index in [-0.39, 0.29) is 12.4 Å². The van der Waals surface area contributed by atoms with Gasteiger partial charge in [0.15, 0.2) is 6.29 Å². The molecule has 0 saturated heterocycles. The van der Waals surface area contributed by atoms with Crippen molar-refractivity contribution in [2.45, 2.75) is 51.9 Å². The molecule has 1 aliphatic carbocycles. The van der Waals surface area contributed by atoms with E-state index >= 15 is 0 Å². The molecular weight excluding hydrogens is 180 g/mol. The van der Waals surface area contributed by atoms with Gasteiger partial charge in [0.2, 0.25) is 0 Å². The fourth-order valence-corrected chi connectivity index (χ4v) is 1.87. The lowest BCUT2D eigenvalue weighted by atomic mass is 9.88. The van der Waals surface area contributed by atoms with Crippen LogP contribution in [-0.2, 0) is 9.47 Å². The van der Waals surface area contributed by atoms with Gasteiger partial charge in [0, 0.05) is 6.61 Å². The first-order valence-corrected chi connectivity index (χ1v) is 5.63. The van der Waals surface area contributed by atoms with E-state index in [1.165, 1.54) is 0 Å². The van der Waals surface area contributed by atoms with Crippen LogP contribution in [0.5, 0.6) is 0 Å². The Hall–Kier alpha value is -0.120. The molecule has 0 aromatic rings. The largest absolute Gasteiger partial charge is 0.393 e. The normalized spacial score (nSPS) is 30.2. The highest BCUT2D eigenvalue weighted by molar-refractivity contribution is 4.71. The molecule has 0 aromatic heterocycles. The Labute approximate surface area is 86.4 Å². The van der Waals surface area contributed by atoms with Crippen LogP contribution in [0.25, 0.3) is 0 Å². The third kappa shape index (κ3) is 4.40. The Morgan fingerprint density at radius 3 is 2.43 bits per heavy atom. The van der Waals surface area contributed by atoms with E-state index in [1.54, 1.807) is 0 Å². The summed E-state index contributed by atoms with van der Waals surface area (Å²) in [6.45, 7) is 5.37. The highest BCUT2D eigenvalue weighted by Crippen LogP contribution is 2.24. The molecule has 1 atom stereocenters. The van der Waals surface area contributed by atoms with Crippen molar-refractivity contribution in [3.05, 3.63) is 0 Å². The van der Waals surface area contributed by atoms with E-state index in [0.717, 1.165) is 32.3 Å². The quantitative estimate of drug-likeness (QED) is 0.692. The van der Waals surface area contributed by atoms with E-state index in [9.17, 15) is 5.11 Å². The highest BCUT2D eigenvalue weighted by atomic mass is 16.7.